The number of likely N-dealkylation sites (tertiary alicyclic amines) is 1. The summed E-state index contributed by atoms with van der Waals surface area (Å²) >= 11 is 0. The number of aromatic nitrogens is 2. The number of aliphatic hydroxyl groups excluding tert-OH is 1. The summed E-state index contributed by atoms with van der Waals surface area (Å²) in [6.07, 6.45) is 5.73. The standard InChI is InChI=1S/C16H25N3O3/c1-3-5-16(15(21)22)6-4-7-18(12-16)10-14-11-19(8-9-20)17-13(14)2/h3,11,20H,1,4-10,12H2,2H3,(H,21,22). The van der Waals surface area contributed by atoms with Gasteiger partial charge in [-0.3, -0.25) is 14.4 Å². The van der Waals surface area contributed by atoms with Gasteiger partial charge in [-0.1, -0.05) is 6.08 Å². The van der Waals surface area contributed by atoms with Gasteiger partial charge in [-0.25, -0.2) is 0 Å². The topological polar surface area (TPSA) is 78.6 Å². The first kappa shape index (κ1) is 16.7. The maximum Gasteiger partial charge on any atom is 0.311 e. The lowest BCUT2D eigenvalue weighted by molar-refractivity contribution is -0.152. The summed E-state index contributed by atoms with van der Waals surface area (Å²) in [6, 6.07) is 0. The summed E-state index contributed by atoms with van der Waals surface area (Å²) in [6.45, 7) is 8.34. The van der Waals surface area contributed by atoms with Crippen LogP contribution in [-0.4, -0.2) is 50.6 Å². The fraction of sp³-hybridized carbons (Fsp3) is 0.625. The molecule has 0 radical (unpaired) electrons. The normalized spacial score (nSPS) is 22.6. The second-order valence-corrected chi connectivity index (χ2v) is 6.12. The minimum Gasteiger partial charge on any atom is -0.481 e. The zero-order valence-corrected chi connectivity index (χ0v) is 13.2. The van der Waals surface area contributed by atoms with Crippen LogP contribution in [0.1, 0.15) is 30.5 Å². The van der Waals surface area contributed by atoms with E-state index in [-0.39, 0.29) is 6.61 Å². The highest BCUT2D eigenvalue weighted by atomic mass is 16.4. The second-order valence-electron chi connectivity index (χ2n) is 6.12. The molecule has 0 spiro atoms. The van der Waals surface area contributed by atoms with E-state index in [2.05, 4.69) is 16.6 Å². The number of piperidine rings is 1. The van der Waals surface area contributed by atoms with E-state index in [0.29, 0.717) is 32.5 Å². The fourth-order valence-electron chi connectivity index (χ4n) is 3.24. The van der Waals surface area contributed by atoms with Gasteiger partial charge in [-0.15, -0.1) is 6.58 Å². The molecular weight excluding hydrogens is 282 g/mol. The molecule has 1 unspecified atom stereocenters. The maximum atomic E-state index is 11.7. The highest BCUT2D eigenvalue weighted by molar-refractivity contribution is 5.75. The Bertz CT molecular complexity index is 541. The number of carboxylic acid groups (broad SMARTS) is 1. The summed E-state index contributed by atoms with van der Waals surface area (Å²) in [5.41, 5.74) is 1.31. The van der Waals surface area contributed by atoms with Gasteiger partial charge in [0.25, 0.3) is 0 Å². The first-order valence-corrected chi connectivity index (χ1v) is 7.71. The third-order valence-corrected chi connectivity index (χ3v) is 4.42. The van der Waals surface area contributed by atoms with Crippen LogP contribution in [0, 0.1) is 12.3 Å². The van der Waals surface area contributed by atoms with Gasteiger partial charge in [0.1, 0.15) is 0 Å². The minimum atomic E-state index is -0.732. The molecular formula is C16H25N3O3. The maximum absolute atomic E-state index is 11.7. The average molecular weight is 307 g/mol. The van der Waals surface area contributed by atoms with E-state index in [4.69, 9.17) is 5.11 Å². The van der Waals surface area contributed by atoms with Crippen molar-refractivity contribution in [2.45, 2.75) is 39.3 Å². The Labute approximate surface area is 131 Å². The van der Waals surface area contributed by atoms with Crippen molar-refractivity contribution in [2.24, 2.45) is 5.41 Å². The van der Waals surface area contributed by atoms with E-state index in [1.165, 1.54) is 0 Å². The zero-order valence-electron chi connectivity index (χ0n) is 13.2. The van der Waals surface area contributed by atoms with Crippen molar-refractivity contribution in [1.82, 2.24) is 14.7 Å². The first-order valence-electron chi connectivity index (χ1n) is 7.71. The third-order valence-electron chi connectivity index (χ3n) is 4.42. The molecule has 2 rings (SSSR count). The Morgan fingerprint density at radius 1 is 1.59 bits per heavy atom. The van der Waals surface area contributed by atoms with Crippen molar-refractivity contribution in [3.63, 3.8) is 0 Å². The highest BCUT2D eigenvalue weighted by Gasteiger charge is 2.41. The predicted octanol–water partition coefficient (Wildman–Crippen LogP) is 1.43. The molecule has 2 N–H and O–H groups in total. The van der Waals surface area contributed by atoms with Gasteiger partial charge in [0.05, 0.1) is 24.3 Å². The average Bonchev–Trinajstić information content (AvgIpc) is 2.80. The molecule has 0 aliphatic carbocycles. The molecule has 122 valence electrons. The Hall–Kier alpha value is -1.66. The lowest BCUT2D eigenvalue weighted by Crippen LogP contribution is -2.47. The molecule has 1 fully saturated rings. The van der Waals surface area contributed by atoms with Gasteiger partial charge in [0, 0.05) is 24.8 Å². The number of carboxylic acids is 1. The number of rotatable bonds is 7. The number of nitrogens with zero attached hydrogens (tertiary/aromatic N) is 3. The Morgan fingerprint density at radius 3 is 3.00 bits per heavy atom. The molecule has 6 nitrogen and oxygen atoms in total. The van der Waals surface area contributed by atoms with Gasteiger partial charge in [-0.2, -0.15) is 5.10 Å². The zero-order chi connectivity index (χ0) is 16.2. The van der Waals surface area contributed by atoms with Gasteiger partial charge in [0.2, 0.25) is 0 Å². The molecule has 2 heterocycles. The molecule has 6 heteroatoms. The third kappa shape index (κ3) is 3.56. The van der Waals surface area contributed by atoms with Gasteiger partial charge in [-0.05, 0) is 32.7 Å². The number of hydrogen-bond donors (Lipinski definition) is 2. The second kappa shape index (κ2) is 7.07. The monoisotopic (exact) mass is 307 g/mol. The molecule has 1 saturated heterocycles. The number of aryl methyl sites for hydroxylation is 1. The molecule has 1 aromatic heterocycles. The van der Waals surface area contributed by atoms with Crippen molar-refractivity contribution in [2.75, 3.05) is 19.7 Å². The molecule has 1 aliphatic rings. The van der Waals surface area contributed by atoms with Gasteiger partial charge < -0.3 is 10.2 Å². The summed E-state index contributed by atoms with van der Waals surface area (Å²) in [7, 11) is 0. The summed E-state index contributed by atoms with van der Waals surface area (Å²) in [4.78, 5) is 13.9. The van der Waals surface area contributed by atoms with E-state index in [0.717, 1.165) is 24.2 Å². The summed E-state index contributed by atoms with van der Waals surface area (Å²) in [5.74, 6) is -0.732. The van der Waals surface area contributed by atoms with E-state index in [9.17, 15) is 9.90 Å². The van der Waals surface area contributed by atoms with Gasteiger partial charge >= 0.3 is 5.97 Å². The van der Waals surface area contributed by atoms with E-state index in [1.54, 1.807) is 10.8 Å². The van der Waals surface area contributed by atoms with Crippen LogP contribution in [-0.2, 0) is 17.9 Å². The van der Waals surface area contributed by atoms with Crippen LogP contribution >= 0.6 is 0 Å². The number of aliphatic carboxylic acids is 1. The molecule has 1 atom stereocenters. The molecule has 22 heavy (non-hydrogen) atoms. The smallest absolute Gasteiger partial charge is 0.311 e. The van der Waals surface area contributed by atoms with Crippen molar-refractivity contribution in [3.8, 4) is 0 Å². The SMILES string of the molecule is C=CCC1(C(=O)O)CCCN(Cc2cn(CCO)nc2C)C1. The molecule has 0 bridgehead atoms. The van der Waals surface area contributed by atoms with Crippen molar-refractivity contribution in [1.29, 1.82) is 0 Å². The van der Waals surface area contributed by atoms with Crippen LogP contribution in [0.3, 0.4) is 0 Å². The summed E-state index contributed by atoms with van der Waals surface area (Å²) in [5, 5.41) is 23.0. The highest BCUT2D eigenvalue weighted by Crippen LogP contribution is 2.35. The van der Waals surface area contributed by atoms with Gasteiger partial charge in [0.15, 0.2) is 0 Å². The lowest BCUT2D eigenvalue weighted by atomic mass is 9.77. The first-order chi connectivity index (χ1) is 10.5. The predicted molar refractivity (Wildman–Crippen MR) is 83.4 cm³/mol. The molecule has 0 amide bonds. The van der Waals surface area contributed by atoms with E-state index in [1.807, 2.05) is 13.1 Å². The number of hydrogen-bond acceptors (Lipinski definition) is 4. The van der Waals surface area contributed by atoms with Crippen LogP contribution in [0.2, 0.25) is 0 Å². The lowest BCUT2D eigenvalue weighted by Gasteiger charge is -2.39. The van der Waals surface area contributed by atoms with E-state index >= 15 is 0 Å². The fourth-order valence-corrected chi connectivity index (χ4v) is 3.24. The van der Waals surface area contributed by atoms with E-state index < -0.39 is 11.4 Å². The molecule has 1 aromatic rings. The van der Waals surface area contributed by atoms with Crippen molar-refractivity contribution >= 4 is 5.97 Å². The molecule has 1 aliphatic heterocycles. The Morgan fingerprint density at radius 2 is 2.36 bits per heavy atom. The van der Waals surface area contributed by atoms with Crippen LogP contribution in [0.5, 0.6) is 0 Å². The largest absolute Gasteiger partial charge is 0.481 e. The minimum absolute atomic E-state index is 0.0612. The summed E-state index contributed by atoms with van der Waals surface area (Å²) < 4.78 is 1.74. The van der Waals surface area contributed by atoms with Crippen LogP contribution in [0.25, 0.3) is 0 Å². The number of carbonyl (C=O) groups is 1. The van der Waals surface area contributed by atoms with Crippen molar-refractivity contribution in [3.05, 3.63) is 30.1 Å². The number of aliphatic hydroxyl groups is 1. The van der Waals surface area contributed by atoms with Crippen molar-refractivity contribution < 1.29 is 15.0 Å². The van der Waals surface area contributed by atoms with Crippen LogP contribution in [0.15, 0.2) is 18.9 Å². The van der Waals surface area contributed by atoms with Crippen LogP contribution in [0.4, 0.5) is 0 Å². The molecule has 0 aromatic carbocycles. The molecule has 0 saturated carbocycles. The Kier molecular flexibility index (Phi) is 5.37. The van der Waals surface area contributed by atoms with Crippen LogP contribution < -0.4 is 0 Å². The number of allylic oxidation sites excluding steroid dienone is 1. The quantitative estimate of drug-likeness (QED) is 0.745. The Balaban J connectivity index is 2.09.